The Labute approximate surface area is 165 Å². The molecule has 2 aromatic rings. The standard InChI is InChI=1S/C20H26N4O.CH2O2/c1-15(23-11-5-6-12-23)20(25)24-13-9-17-18(10-14-24)21-22-19(17)16-7-3-2-4-8-16;2-1-3/h2-4,7-8,15H,5-6,9-14H2,1H3,(H,21,22);1H,(H,2,3). The van der Waals surface area contributed by atoms with Crippen molar-refractivity contribution >= 4 is 12.4 Å². The minimum atomic E-state index is -0.250. The number of carbonyl (C=O) groups excluding carboxylic acids is 1. The number of hydrogen-bond acceptors (Lipinski definition) is 4. The van der Waals surface area contributed by atoms with Crippen LogP contribution in [0.15, 0.2) is 30.3 Å². The fraction of sp³-hybridized carbons (Fsp3) is 0.476. The highest BCUT2D eigenvalue weighted by Crippen LogP contribution is 2.27. The predicted molar refractivity (Wildman–Crippen MR) is 107 cm³/mol. The maximum atomic E-state index is 12.9. The van der Waals surface area contributed by atoms with Crippen LogP contribution in [-0.2, 0) is 22.4 Å². The molecule has 28 heavy (non-hydrogen) atoms. The van der Waals surface area contributed by atoms with Crippen molar-refractivity contribution < 1.29 is 14.7 Å². The van der Waals surface area contributed by atoms with Gasteiger partial charge in [0, 0.05) is 36.3 Å². The maximum absolute atomic E-state index is 12.9. The Morgan fingerprint density at radius 1 is 1.14 bits per heavy atom. The lowest BCUT2D eigenvalue weighted by Gasteiger charge is -2.29. The summed E-state index contributed by atoms with van der Waals surface area (Å²) >= 11 is 0. The van der Waals surface area contributed by atoms with E-state index in [4.69, 9.17) is 9.90 Å². The third-order valence-electron chi connectivity index (χ3n) is 5.62. The van der Waals surface area contributed by atoms with E-state index in [1.807, 2.05) is 23.1 Å². The summed E-state index contributed by atoms with van der Waals surface area (Å²) in [7, 11) is 0. The van der Waals surface area contributed by atoms with Crippen molar-refractivity contribution in [3.8, 4) is 11.3 Å². The van der Waals surface area contributed by atoms with Gasteiger partial charge >= 0.3 is 0 Å². The number of aromatic amines is 1. The van der Waals surface area contributed by atoms with E-state index >= 15 is 0 Å². The molecule has 150 valence electrons. The summed E-state index contributed by atoms with van der Waals surface area (Å²) in [5.74, 6) is 0.279. The van der Waals surface area contributed by atoms with Gasteiger partial charge in [-0.25, -0.2) is 0 Å². The summed E-state index contributed by atoms with van der Waals surface area (Å²) in [6.45, 7) is 5.49. The lowest BCUT2D eigenvalue weighted by molar-refractivity contribution is -0.136. The second-order valence-electron chi connectivity index (χ2n) is 7.25. The lowest BCUT2D eigenvalue weighted by Crippen LogP contribution is -2.47. The van der Waals surface area contributed by atoms with E-state index < -0.39 is 0 Å². The SMILES string of the molecule is CC(C(=O)N1CCc2[nH]nc(-c3ccccc3)c2CC1)N1CCCC1.O=CO. The van der Waals surface area contributed by atoms with E-state index in [2.05, 4.69) is 34.2 Å². The third-order valence-corrected chi connectivity index (χ3v) is 5.62. The van der Waals surface area contributed by atoms with Crippen molar-refractivity contribution in [1.29, 1.82) is 0 Å². The molecule has 4 rings (SSSR count). The average molecular weight is 384 g/mol. The van der Waals surface area contributed by atoms with Gasteiger partial charge in [0.15, 0.2) is 0 Å². The number of hydrogen-bond donors (Lipinski definition) is 2. The number of nitrogens with one attached hydrogen (secondary N) is 1. The second-order valence-corrected chi connectivity index (χ2v) is 7.25. The summed E-state index contributed by atoms with van der Waals surface area (Å²) in [5, 5.41) is 14.6. The highest BCUT2D eigenvalue weighted by molar-refractivity contribution is 5.81. The molecule has 2 N–H and O–H groups in total. The van der Waals surface area contributed by atoms with Crippen LogP contribution in [0.2, 0.25) is 0 Å². The van der Waals surface area contributed by atoms with Crippen molar-refractivity contribution in [1.82, 2.24) is 20.0 Å². The van der Waals surface area contributed by atoms with Crippen molar-refractivity contribution in [2.24, 2.45) is 0 Å². The molecular weight excluding hydrogens is 356 g/mol. The Kier molecular flexibility index (Phi) is 6.81. The maximum Gasteiger partial charge on any atom is 0.290 e. The van der Waals surface area contributed by atoms with Crippen LogP contribution < -0.4 is 0 Å². The first kappa shape index (κ1) is 20.1. The number of rotatable bonds is 3. The predicted octanol–water partition coefficient (Wildman–Crippen LogP) is 2.19. The minimum Gasteiger partial charge on any atom is -0.483 e. The quantitative estimate of drug-likeness (QED) is 0.792. The highest BCUT2D eigenvalue weighted by Gasteiger charge is 2.29. The molecule has 0 aliphatic carbocycles. The first-order valence-electron chi connectivity index (χ1n) is 9.88. The lowest BCUT2D eigenvalue weighted by atomic mass is 10.0. The van der Waals surface area contributed by atoms with E-state index in [0.717, 1.165) is 50.3 Å². The van der Waals surface area contributed by atoms with Gasteiger partial charge in [-0.2, -0.15) is 5.10 Å². The van der Waals surface area contributed by atoms with E-state index in [-0.39, 0.29) is 18.4 Å². The molecule has 1 saturated heterocycles. The van der Waals surface area contributed by atoms with Crippen molar-refractivity contribution in [3.05, 3.63) is 41.6 Å². The fourth-order valence-corrected chi connectivity index (χ4v) is 4.09. The molecule has 0 spiro atoms. The topological polar surface area (TPSA) is 89.5 Å². The molecular formula is C21H28N4O3. The van der Waals surface area contributed by atoms with Crippen molar-refractivity contribution in [3.63, 3.8) is 0 Å². The molecule has 2 aliphatic heterocycles. The van der Waals surface area contributed by atoms with Crippen LogP contribution in [0.1, 0.15) is 31.0 Å². The number of likely N-dealkylation sites (tertiary alicyclic amines) is 1. The zero-order valence-corrected chi connectivity index (χ0v) is 16.3. The first-order valence-corrected chi connectivity index (χ1v) is 9.88. The number of amides is 1. The Bertz CT molecular complexity index is 784. The Hall–Kier alpha value is -2.67. The molecule has 1 unspecified atom stereocenters. The molecule has 1 atom stereocenters. The minimum absolute atomic E-state index is 0.00524. The summed E-state index contributed by atoms with van der Waals surface area (Å²) in [5.41, 5.74) is 4.64. The normalized spacial score (nSPS) is 17.8. The number of benzene rings is 1. The van der Waals surface area contributed by atoms with Gasteiger partial charge < -0.3 is 10.0 Å². The second kappa shape index (κ2) is 9.50. The van der Waals surface area contributed by atoms with E-state index in [1.54, 1.807) is 0 Å². The van der Waals surface area contributed by atoms with Gasteiger partial charge in [-0.3, -0.25) is 19.6 Å². The van der Waals surface area contributed by atoms with Crippen LogP contribution in [-0.4, -0.2) is 69.7 Å². The summed E-state index contributed by atoms with van der Waals surface area (Å²) < 4.78 is 0. The van der Waals surface area contributed by atoms with Crippen LogP contribution >= 0.6 is 0 Å². The average Bonchev–Trinajstić information content (AvgIpc) is 3.35. The smallest absolute Gasteiger partial charge is 0.290 e. The molecule has 1 fully saturated rings. The van der Waals surface area contributed by atoms with Crippen LogP contribution in [0.25, 0.3) is 11.3 Å². The first-order chi connectivity index (χ1) is 13.7. The van der Waals surface area contributed by atoms with Crippen LogP contribution in [0.4, 0.5) is 0 Å². The molecule has 2 aliphatic rings. The molecule has 0 bridgehead atoms. The van der Waals surface area contributed by atoms with Crippen molar-refractivity contribution in [2.45, 2.75) is 38.6 Å². The number of nitrogens with zero attached hydrogens (tertiary/aromatic N) is 3. The molecule has 1 aromatic carbocycles. The van der Waals surface area contributed by atoms with E-state index in [9.17, 15) is 4.79 Å². The van der Waals surface area contributed by atoms with Gasteiger partial charge in [0.2, 0.25) is 5.91 Å². The van der Waals surface area contributed by atoms with Crippen LogP contribution in [0, 0.1) is 0 Å². The zero-order chi connectivity index (χ0) is 19.9. The molecule has 1 aromatic heterocycles. The van der Waals surface area contributed by atoms with Gasteiger partial charge in [0.05, 0.1) is 11.7 Å². The van der Waals surface area contributed by atoms with Crippen LogP contribution in [0.5, 0.6) is 0 Å². The van der Waals surface area contributed by atoms with Gasteiger partial charge in [0.25, 0.3) is 6.47 Å². The Morgan fingerprint density at radius 2 is 1.79 bits per heavy atom. The molecule has 0 saturated carbocycles. The fourth-order valence-electron chi connectivity index (χ4n) is 4.09. The molecule has 0 radical (unpaired) electrons. The van der Waals surface area contributed by atoms with E-state index in [1.165, 1.54) is 24.1 Å². The molecule has 7 heteroatoms. The number of fused-ring (bicyclic) bond motifs is 1. The molecule has 7 nitrogen and oxygen atoms in total. The largest absolute Gasteiger partial charge is 0.483 e. The molecule has 3 heterocycles. The van der Waals surface area contributed by atoms with Gasteiger partial charge in [-0.15, -0.1) is 0 Å². The zero-order valence-electron chi connectivity index (χ0n) is 16.3. The Balaban J connectivity index is 0.000000706. The molecule has 1 amide bonds. The van der Waals surface area contributed by atoms with Gasteiger partial charge in [-0.05, 0) is 39.3 Å². The number of aromatic nitrogens is 2. The third kappa shape index (κ3) is 4.42. The highest BCUT2D eigenvalue weighted by atomic mass is 16.3. The van der Waals surface area contributed by atoms with Gasteiger partial charge in [-0.1, -0.05) is 30.3 Å². The monoisotopic (exact) mass is 384 g/mol. The number of H-pyrrole nitrogens is 1. The summed E-state index contributed by atoms with van der Waals surface area (Å²) in [4.78, 5) is 25.7. The van der Waals surface area contributed by atoms with E-state index in [0.29, 0.717) is 0 Å². The number of carboxylic acid groups (broad SMARTS) is 1. The summed E-state index contributed by atoms with van der Waals surface area (Å²) in [6, 6.07) is 10.3. The van der Waals surface area contributed by atoms with Crippen molar-refractivity contribution in [2.75, 3.05) is 26.2 Å². The Morgan fingerprint density at radius 3 is 2.46 bits per heavy atom. The number of carbonyl (C=O) groups is 2. The van der Waals surface area contributed by atoms with Crippen LogP contribution in [0.3, 0.4) is 0 Å². The summed E-state index contributed by atoms with van der Waals surface area (Å²) in [6.07, 6.45) is 4.16. The van der Waals surface area contributed by atoms with Gasteiger partial charge in [0.1, 0.15) is 0 Å².